The first-order valence-electron chi connectivity index (χ1n) is 3.54. The molecule has 0 aromatic carbocycles. The van der Waals surface area contributed by atoms with Crippen LogP contribution < -0.4 is 5.32 Å². The third kappa shape index (κ3) is 1.44. The first-order chi connectivity index (χ1) is 4.34. The van der Waals surface area contributed by atoms with Crippen LogP contribution in [0.25, 0.3) is 0 Å². The number of amides is 1. The van der Waals surface area contributed by atoms with Gasteiger partial charge in [0, 0.05) is 6.04 Å². The lowest BCUT2D eigenvalue weighted by Gasteiger charge is -2.12. The van der Waals surface area contributed by atoms with Crippen LogP contribution in [0.4, 0.5) is 0 Å². The minimum Gasteiger partial charge on any atom is -0.356 e. The van der Waals surface area contributed by atoms with Crippen LogP contribution in [-0.2, 0) is 4.79 Å². The van der Waals surface area contributed by atoms with Crippen molar-refractivity contribution < 1.29 is 4.79 Å². The normalized spacial score (nSPS) is 34.3. The maximum atomic E-state index is 10.00. The van der Waals surface area contributed by atoms with Gasteiger partial charge in [0.05, 0.1) is 0 Å². The van der Waals surface area contributed by atoms with Crippen molar-refractivity contribution in [1.82, 2.24) is 5.32 Å². The fraction of sp³-hybridized carbons (Fsp3) is 0.857. The summed E-state index contributed by atoms with van der Waals surface area (Å²) in [6.07, 6.45) is 4.52. The summed E-state index contributed by atoms with van der Waals surface area (Å²) >= 11 is 0. The summed E-state index contributed by atoms with van der Waals surface area (Å²) < 4.78 is 0. The summed E-state index contributed by atoms with van der Waals surface area (Å²) in [6, 6.07) is 0.461. The molecule has 2 atom stereocenters. The van der Waals surface area contributed by atoms with E-state index in [2.05, 4.69) is 12.2 Å². The first-order valence-corrected chi connectivity index (χ1v) is 3.54. The van der Waals surface area contributed by atoms with E-state index < -0.39 is 0 Å². The van der Waals surface area contributed by atoms with Crippen LogP contribution in [0, 0.1) is 5.92 Å². The molecule has 1 rings (SSSR count). The van der Waals surface area contributed by atoms with E-state index in [-0.39, 0.29) is 0 Å². The Labute approximate surface area is 55.6 Å². The van der Waals surface area contributed by atoms with Gasteiger partial charge in [0.1, 0.15) is 0 Å². The molecule has 0 aromatic heterocycles. The quantitative estimate of drug-likeness (QED) is 0.549. The Morgan fingerprint density at radius 1 is 1.56 bits per heavy atom. The van der Waals surface area contributed by atoms with Crippen molar-refractivity contribution in [3.63, 3.8) is 0 Å². The van der Waals surface area contributed by atoms with E-state index in [0.717, 1.165) is 6.41 Å². The van der Waals surface area contributed by atoms with Gasteiger partial charge >= 0.3 is 0 Å². The predicted molar refractivity (Wildman–Crippen MR) is 36.0 cm³/mol. The highest BCUT2D eigenvalue weighted by atomic mass is 16.1. The largest absolute Gasteiger partial charge is 0.356 e. The molecule has 1 N–H and O–H groups in total. The van der Waals surface area contributed by atoms with Crippen LogP contribution in [-0.4, -0.2) is 12.5 Å². The first kappa shape index (κ1) is 6.59. The second kappa shape index (κ2) is 2.85. The monoisotopic (exact) mass is 127 g/mol. The van der Waals surface area contributed by atoms with Gasteiger partial charge in [0.25, 0.3) is 0 Å². The molecular weight excluding hydrogens is 114 g/mol. The molecule has 2 nitrogen and oxygen atoms in total. The van der Waals surface area contributed by atoms with E-state index in [1.165, 1.54) is 19.3 Å². The maximum absolute atomic E-state index is 10.00. The summed E-state index contributed by atoms with van der Waals surface area (Å²) in [4.78, 5) is 10.00. The van der Waals surface area contributed by atoms with E-state index >= 15 is 0 Å². The van der Waals surface area contributed by atoms with Crippen LogP contribution in [0.3, 0.4) is 0 Å². The molecule has 0 bridgehead atoms. The molecule has 0 radical (unpaired) electrons. The van der Waals surface area contributed by atoms with Gasteiger partial charge in [-0.3, -0.25) is 4.79 Å². The van der Waals surface area contributed by atoms with Gasteiger partial charge < -0.3 is 5.32 Å². The van der Waals surface area contributed by atoms with Crippen LogP contribution >= 0.6 is 0 Å². The SMILES string of the molecule is CC1CCCC1NC=O. The topological polar surface area (TPSA) is 29.1 Å². The average Bonchev–Trinajstić information content (AvgIpc) is 2.18. The van der Waals surface area contributed by atoms with Crippen molar-refractivity contribution in [2.45, 2.75) is 32.2 Å². The van der Waals surface area contributed by atoms with Gasteiger partial charge in [-0.05, 0) is 18.8 Å². The lowest BCUT2D eigenvalue weighted by molar-refractivity contribution is -0.110. The molecule has 0 spiro atoms. The molecule has 2 unspecified atom stereocenters. The molecule has 0 heterocycles. The second-order valence-corrected chi connectivity index (χ2v) is 2.80. The van der Waals surface area contributed by atoms with Gasteiger partial charge in [0.2, 0.25) is 6.41 Å². The second-order valence-electron chi connectivity index (χ2n) is 2.80. The molecule has 1 aliphatic carbocycles. The van der Waals surface area contributed by atoms with Crippen molar-refractivity contribution in [3.05, 3.63) is 0 Å². The fourth-order valence-electron chi connectivity index (χ4n) is 1.48. The maximum Gasteiger partial charge on any atom is 0.207 e. The summed E-state index contributed by atoms with van der Waals surface area (Å²) in [6.45, 7) is 2.19. The van der Waals surface area contributed by atoms with E-state index in [0.29, 0.717) is 12.0 Å². The number of rotatable bonds is 2. The van der Waals surface area contributed by atoms with E-state index in [9.17, 15) is 4.79 Å². The van der Waals surface area contributed by atoms with Gasteiger partial charge in [0.15, 0.2) is 0 Å². The van der Waals surface area contributed by atoms with Crippen LogP contribution in [0.5, 0.6) is 0 Å². The highest BCUT2D eigenvalue weighted by Crippen LogP contribution is 2.23. The molecular formula is C7H13NO. The highest BCUT2D eigenvalue weighted by molar-refractivity contribution is 5.46. The molecule has 1 amide bonds. The third-order valence-corrected chi connectivity index (χ3v) is 2.14. The molecule has 0 aromatic rings. The lowest BCUT2D eigenvalue weighted by Crippen LogP contribution is -2.29. The number of carbonyl (C=O) groups excluding carboxylic acids is 1. The van der Waals surface area contributed by atoms with Crippen molar-refractivity contribution in [2.24, 2.45) is 5.92 Å². The molecule has 0 saturated heterocycles. The predicted octanol–water partition coefficient (Wildman–Crippen LogP) is 0.921. The highest BCUT2D eigenvalue weighted by Gasteiger charge is 2.21. The molecule has 1 saturated carbocycles. The molecule has 52 valence electrons. The molecule has 1 fully saturated rings. The summed E-state index contributed by atoms with van der Waals surface area (Å²) in [5, 5.41) is 2.81. The third-order valence-electron chi connectivity index (χ3n) is 2.14. The zero-order chi connectivity index (χ0) is 6.69. The Hall–Kier alpha value is -0.530. The average molecular weight is 127 g/mol. The zero-order valence-corrected chi connectivity index (χ0v) is 5.76. The molecule has 2 heteroatoms. The fourth-order valence-corrected chi connectivity index (χ4v) is 1.48. The number of hydrogen-bond acceptors (Lipinski definition) is 1. The van der Waals surface area contributed by atoms with Gasteiger partial charge in [-0.1, -0.05) is 13.3 Å². The molecule has 9 heavy (non-hydrogen) atoms. The standard InChI is InChI=1S/C7H13NO/c1-6-3-2-4-7(6)8-5-9/h5-7H,2-4H2,1H3,(H,8,9). The molecule has 0 aliphatic heterocycles. The van der Waals surface area contributed by atoms with Gasteiger partial charge in [-0.15, -0.1) is 0 Å². The Morgan fingerprint density at radius 2 is 2.33 bits per heavy atom. The smallest absolute Gasteiger partial charge is 0.207 e. The van der Waals surface area contributed by atoms with Crippen LogP contribution in [0.1, 0.15) is 26.2 Å². The summed E-state index contributed by atoms with van der Waals surface area (Å²) in [5.74, 6) is 0.690. The lowest BCUT2D eigenvalue weighted by atomic mass is 10.1. The number of nitrogens with one attached hydrogen (secondary N) is 1. The number of carbonyl (C=O) groups is 1. The van der Waals surface area contributed by atoms with E-state index in [1.54, 1.807) is 0 Å². The Morgan fingerprint density at radius 3 is 2.78 bits per heavy atom. The zero-order valence-electron chi connectivity index (χ0n) is 5.76. The summed E-state index contributed by atoms with van der Waals surface area (Å²) in [7, 11) is 0. The van der Waals surface area contributed by atoms with Crippen LogP contribution in [0.15, 0.2) is 0 Å². The van der Waals surface area contributed by atoms with Crippen LogP contribution in [0.2, 0.25) is 0 Å². The summed E-state index contributed by atoms with van der Waals surface area (Å²) in [5.41, 5.74) is 0. The van der Waals surface area contributed by atoms with Crippen molar-refractivity contribution >= 4 is 6.41 Å². The van der Waals surface area contributed by atoms with E-state index in [1.807, 2.05) is 0 Å². The van der Waals surface area contributed by atoms with Gasteiger partial charge in [-0.2, -0.15) is 0 Å². The van der Waals surface area contributed by atoms with Crippen molar-refractivity contribution in [1.29, 1.82) is 0 Å². The number of hydrogen-bond donors (Lipinski definition) is 1. The minimum absolute atomic E-state index is 0.461. The van der Waals surface area contributed by atoms with Crippen molar-refractivity contribution in [2.75, 3.05) is 0 Å². The Balaban J connectivity index is 2.30. The Kier molecular flexibility index (Phi) is 2.09. The van der Waals surface area contributed by atoms with Crippen molar-refractivity contribution in [3.8, 4) is 0 Å². The van der Waals surface area contributed by atoms with Gasteiger partial charge in [-0.25, -0.2) is 0 Å². The molecule has 1 aliphatic rings. The Bertz CT molecular complexity index is 103. The van der Waals surface area contributed by atoms with E-state index in [4.69, 9.17) is 0 Å². The minimum atomic E-state index is 0.461.